The molecule has 216 valence electrons. The number of rotatable bonds is 8. The van der Waals surface area contributed by atoms with Crippen LogP contribution in [-0.2, 0) is 33.8 Å². The van der Waals surface area contributed by atoms with Crippen molar-refractivity contribution in [2.75, 3.05) is 26.3 Å². The molecule has 0 aliphatic carbocycles. The lowest BCUT2D eigenvalue weighted by atomic mass is 10.0. The number of hydrogen-bond acceptors (Lipinski definition) is 7. The number of nitrogens with zero attached hydrogens (tertiary/aromatic N) is 1. The van der Waals surface area contributed by atoms with Gasteiger partial charge in [-0.1, -0.05) is 41.4 Å². The van der Waals surface area contributed by atoms with Crippen LogP contribution in [0, 0.1) is 0 Å². The lowest BCUT2D eigenvalue weighted by Crippen LogP contribution is -2.35. The second-order valence-corrected chi connectivity index (χ2v) is 11.6. The molecule has 0 bridgehead atoms. The standard InChI is InChI=1S/C31H31Cl2NO7/c1-31(2)38-15-21-13-20(7-9-26(21)41-31)29-14-34(30(35)40-29)11-10-19-6-8-27-28(12-19)39-22(17-37-27)16-36-18-23-24(32)4-3-5-25(23)33/h3-9,12-13,22,29H,10-11,14-18H2,1-2H3/t22-,29+/m1/s1. The molecule has 0 N–H and O–H groups in total. The zero-order chi connectivity index (χ0) is 28.6. The number of hydrogen-bond donors (Lipinski definition) is 0. The van der Waals surface area contributed by atoms with E-state index in [1.165, 1.54) is 0 Å². The summed E-state index contributed by atoms with van der Waals surface area (Å²) in [4.78, 5) is 14.4. The summed E-state index contributed by atoms with van der Waals surface area (Å²) in [5.41, 5.74) is 3.65. The maximum atomic E-state index is 12.7. The van der Waals surface area contributed by atoms with Crippen LogP contribution < -0.4 is 14.2 Å². The third-order valence-corrected chi connectivity index (χ3v) is 7.99. The molecular formula is C31H31Cl2NO7. The van der Waals surface area contributed by atoms with Gasteiger partial charge in [-0.3, -0.25) is 0 Å². The molecule has 0 aromatic heterocycles. The van der Waals surface area contributed by atoms with E-state index in [0.29, 0.717) is 60.9 Å². The molecule has 6 rings (SSSR count). The first-order valence-corrected chi connectivity index (χ1v) is 14.3. The summed E-state index contributed by atoms with van der Waals surface area (Å²) in [6.07, 6.45) is -0.294. The van der Waals surface area contributed by atoms with Gasteiger partial charge in [0.25, 0.3) is 0 Å². The molecule has 0 radical (unpaired) electrons. The van der Waals surface area contributed by atoms with E-state index >= 15 is 0 Å². The summed E-state index contributed by atoms with van der Waals surface area (Å²) >= 11 is 12.5. The van der Waals surface area contributed by atoms with Crippen molar-refractivity contribution in [3.8, 4) is 17.2 Å². The molecule has 1 amide bonds. The SMILES string of the molecule is CC1(C)OCc2cc([C@@H]3CN(CCc4ccc5c(c4)O[C@H](COCc4c(Cl)cccc4Cl)CO5)C(=O)O3)ccc2O1. The van der Waals surface area contributed by atoms with E-state index in [0.717, 1.165) is 28.0 Å². The van der Waals surface area contributed by atoms with Crippen molar-refractivity contribution in [2.45, 2.75) is 51.5 Å². The molecule has 41 heavy (non-hydrogen) atoms. The van der Waals surface area contributed by atoms with Gasteiger partial charge in [0.05, 0.1) is 26.4 Å². The van der Waals surface area contributed by atoms with Gasteiger partial charge in [0.2, 0.25) is 5.79 Å². The summed E-state index contributed by atoms with van der Waals surface area (Å²) in [5.74, 6) is 1.48. The lowest BCUT2D eigenvalue weighted by Gasteiger charge is -2.32. The molecule has 3 aliphatic rings. The van der Waals surface area contributed by atoms with Crippen LogP contribution in [0.3, 0.4) is 0 Å². The highest BCUT2D eigenvalue weighted by atomic mass is 35.5. The Bertz CT molecular complexity index is 1430. The van der Waals surface area contributed by atoms with Gasteiger partial charge in [-0.15, -0.1) is 0 Å². The minimum atomic E-state index is -0.653. The number of fused-ring (bicyclic) bond motifs is 2. The van der Waals surface area contributed by atoms with Crippen molar-refractivity contribution in [2.24, 2.45) is 0 Å². The molecule has 10 heteroatoms. The van der Waals surface area contributed by atoms with Crippen LogP contribution in [0.5, 0.6) is 17.2 Å². The summed E-state index contributed by atoms with van der Waals surface area (Å²) in [6, 6.07) is 17.1. The van der Waals surface area contributed by atoms with Crippen LogP contribution in [0.4, 0.5) is 4.79 Å². The van der Waals surface area contributed by atoms with E-state index < -0.39 is 5.79 Å². The first-order valence-electron chi connectivity index (χ1n) is 13.6. The monoisotopic (exact) mass is 599 g/mol. The Morgan fingerprint density at radius 2 is 1.80 bits per heavy atom. The van der Waals surface area contributed by atoms with Crippen LogP contribution >= 0.6 is 23.2 Å². The fourth-order valence-corrected chi connectivity index (χ4v) is 5.55. The Labute approximate surface area is 248 Å². The Kier molecular flexibility index (Phi) is 7.92. The Hall–Kier alpha value is -3.17. The zero-order valence-electron chi connectivity index (χ0n) is 22.9. The van der Waals surface area contributed by atoms with Crippen LogP contribution in [0.25, 0.3) is 0 Å². The molecular weight excluding hydrogens is 569 g/mol. The highest BCUT2D eigenvalue weighted by molar-refractivity contribution is 6.35. The Balaban J connectivity index is 1.02. The Morgan fingerprint density at radius 3 is 2.63 bits per heavy atom. The molecule has 1 saturated heterocycles. The molecule has 3 aromatic rings. The predicted molar refractivity (Wildman–Crippen MR) is 153 cm³/mol. The van der Waals surface area contributed by atoms with Crippen molar-refractivity contribution in [1.82, 2.24) is 4.90 Å². The first kappa shape index (κ1) is 28.0. The molecule has 0 unspecified atom stereocenters. The summed E-state index contributed by atoms with van der Waals surface area (Å²) in [5, 5.41) is 1.13. The van der Waals surface area contributed by atoms with E-state index in [1.54, 1.807) is 23.1 Å². The maximum Gasteiger partial charge on any atom is 0.410 e. The summed E-state index contributed by atoms with van der Waals surface area (Å²) in [7, 11) is 0. The number of ether oxygens (including phenoxy) is 6. The average Bonchev–Trinajstić information content (AvgIpc) is 3.32. The van der Waals surface area contributed by atoms with E-state index in [4.69, 9.17) is 51.6 Å². The van der Waals surface area contributed by atoms with Gasteiger partial charge >= 0.3 is 6.09 Å². The van der Waals surface area contributed by atoms with Gasteiger partial charge in [0.15, 0.2) is 17.6 Å². The minimum absolute atomic E-state index is 0.271. The number of benzene rings is 3. The van der Waals surface area contributed by atoms with Gasteiger partial charge < -0.3 is 33.3 Å². The lowest BCUT2D eigenvalue weighted by molar-refractivity contribution is -0.180. The van der Waals surface area contributed by atoms with Crippen LogP contribution in [0.15, 0.2) is 54.6 Å². The highest BCUT2D eigenvalue weighted by Gasteiger charge is 2.34. The fourth-order valence-electron chi connectivity index (χ4n) is 5.05. The van der Waals surface area contributed by atoms with Crippen molar-refractivity contribution in [3.05, 3.63) is 86.9 Å². The van der Waals surface area contributed by atoms with Crippen molar-refractivity contribution < 1.29 is 33.2 Å². The summed E-state index contributed by atoms with van der Waals surface area (Å²) in [6.45, 7) is 6.20. The molecule has 2 atom stereocenters. The summed E-state index contributed by atoms with van der Waals surface area (Å²) < 4.78 is 35.2. The maximum absolute atomic E-state index is 12.7. The van der Waals surface area contributed by atoms with E-state index in [1.807, 2.05) is 50.2 Å². The van der Waals surface area contributed by atoms with Crippen LogP contribution in [0.1, 0.15) is 42.2 Å². The van der Waals surface area contributed by atoms with Gasteiger partial charge in [0, 0.05) is 41.6 Å². The largest absolute Gasteiger partial charge is 0.486 e. The van der Waals surface area contributed by atoms with E-state index in [9.17, 15) is 4.79 Å². The Morgan fingerprint density at radius 1 is 1.00 bits per heavy atom. The zero-order valence-corrected chi connectivity index (χ0v) is 24.4. The van der Waals surface area contributed by atoms with E-state index in [2.05, 4.69) is 0 Å². The van der Waals surface area contributed by atoms with Crippen molar-refractivity contribution >= 4 is 29.3 Å². The third kappa shape index (κ3) is 6.36. The number of carbonyl (C=O) groups is 1. The molecule has 8 nitrogen and oxygen atoms in total. The van der Waals surface area contributed by atoms with Gasteiger partial charge in [-0.05, 0) is 53.9 Å². The van der Waals surface area contributed by atoms with Crippen LogP contribution in [-0.4, -0.2) is 49.2 Å². The third-order valence-electron chi connectivity index (χ3n) is 7.28. The molecule has 0 spiro atoms. The van der Waals surface area contributed by atoms with Gasteiger partial charge in [-0.2, -0.15) is 0 Å². The second-order valence-electron chi connectivity index (χ2n) is 10.8. The minimum Gasteiger partial charge on any atom is -0.486 e. The number of amides is 1. The first-order chi connectivity index (χ1) is 19.7. The van der Waals surface area contributed by atoms with Gasteiger partial charge in [-0.25, -0.2) is 4.79 Å². The highest BCUT2D eigenvalue weighted by Crippen LogP contribution is 2.36. The van der Waals surface area contributed by atoms with Crippen LogP contribution in [0.2, 0.25) is 10.0 Å². The molecule has 1 fully saturated rings. The number of carbonyl (C=O) groups excluding carboxylic acids is 1. The second kappa shape index (κ2) is 11.6. The molecule has 3 aliphatic heterocycles. The van der Waals surface area contributed by atoms with Gasteiger partial charge in [0.1, 0.15) is 18.5 Å². The average molecular weight is 600 g/mol. The normalized spacial score (nSPS) is 20.8. The number of halogens is 2. The predicted octanol–water partition coefficient (Wildman–Crippen LogP) is 6.73. The van der Waals surface area contributed by atoms with Crippen molar-refractivity contribution in [3.63, 3.8) is 0 Å². The number of cyclic esters (lactones) is 1. The quantitative estimate of drug-likeness (QED) is 0.284. The topological polar surface area (TPSA) is 75.7 Å². The van der Waals surface area contributed by atoms with Crippen molar-refractivity contribution in [1.29, 1.82) is 0 Å². The molecule has 3 aromatic carbocycles. The fraction of sp³-hybridized carbons (Fsp3) is 0.387. The molecule has 3 heterocycles. The molecule has 0 saturated carbocycles. The van der Waals surface area contributed by atoms with E-state index in [-0.39, 0.29) is 24.9 Å². The smallest absolute Gasteiger partial charge is 0.410 e.